The molecule has 1 aliphatic heterocycles. The predicted molar refractivity (Wildman–Crippen MR) is 107 cm³/mol. The molecule has 2 heterocycles. The van der Waals surface area contributed by atoms with E-state index in [9.17, 15) is 4.79 Å². The zero-order valence-corrected chi connectivity index (χ0v) is 16.2. The number of piperazine rings is 1. The Morgan fingerprint density at radius 1 is 1.15 bits per heavy atom. The second-order valence-electron chi connectivity index (χ2n) is 6.68. The van der Waals surface area contributed by atoms with E-state index in [0.717, 1.165) is 26.2 Å². The number of hydrogen-bond donors (Lipinski definition) is 1. The van der Waals surface area contributed by atoms with Crippen molar-refractivity contribution in [1.82, 2.24) is 15.3 Å². The third kappa shape index (κ3) is 4.54. The summed E-state index contributed by atoms with van der Waals surface area (Å²) in [6, 6.07) is 8.07. The summed E-state index contributed by atoms with van der Waals surface area (Å²) >= 11 is 0. The van der Waals surface area contributed by atoms with Crippen LogP contribution in [0.4, 0.5) is 11.6 Å². The molecule has 0 bridgehead atoms. The Hall–Kier alpha value is -2.67. The number of hydrogen-bond acceptors (Lipinski definition) is 6. The van der Waals surface area contributed by atoms with Gasteiger partial charge in [0.1, 0.15) is 5.69 Å². The molecule has 0 radical (unpaired) electrons. The molecule has 2 aromatic rings. The molecule has 0 spiro atoms. The molecule has 1 saturated heterocycles. The summed E-state index contributed by atoms with van der Waals surface area (Å²) < 4.78 is 4.95. The minimum atomic E-state index is -0.204. The molecule has 7 heteroatoms. The molecular formula is C20H27N5O2. The fourth-order valence-corrected chi connectivity index (χ4v) is 3.21. The van der Waals surface area contributed by atoms with Gasteiger partial charge in [-0.25, -0.2) is 9.97 Å². The van der Waals surface area contributed by atoms with Crippen molar-refractivity contribution >= 4 is 17.5 Å². The standard InChI is InChI=1S/C20H27N5O2/c1-15-5-4-6-18(16(15)2)24-10-12-25(13-11-24)20-22-8-7-17(23-20)19(26)21-9-14-27-3/h4-8H,9-14H2,1-3H3,(H,21,26). The van der Waals surface area contributed by atoms with Crippen molar-refractivity contribution in [1.29, 1.82) is 0 Å². The first-order valence-corrected chi connectivity index (χ1v) is 9.26. The van der Waals surface area contributed by atoms with Crippen molar-refractivity contribution in [2.75, 3.05) is 56.2 Å². The Labute approximate surface area is 160 Å². The summed E-state index contributed by atoms with van der Waals surface area (Å²) in [6.07, 6.45) is 1.64. The number of aryl methyl sites for hydroxylation is 1. The van der Waals surface area contributed by atoms with E-state index in [0.29, 0.717) is 24.8 Å². The predicted octanol–water partition coefficient (Wildman–Crippen LogP) is 1.80. The average molecular weight is 369 g/mol. The number of aromatic nitrogens is 2. The van der Waals surface area contributed by atoms with Gasteiger partial charge in [-0.15, -0.1) is 0 Å². The number of benzene rings is 1. The van der Waals surface area contributed by atoms with Crippen LogP contribution < -0.4 is 15.1 Å². The molecule has 7 nitrogen and oxygen atoms in total. The van der Waals surface area contributed by atoms with Gasteiger partial charge in [0, 0.05) is 51.7 Å². The molecule has 1 N–H and O–H groups in total. The van der Waals surface area contributed by atoms with Gasteiger partial charge in [-0.3, -0.25) is 4.79 Å². The number of anilines is 2. The first kappa shape index (κ1) is 19.1. The lowest BCUT2D eigenvalue weighted by molar-refractivity contribution is 0.0932. The number of methoxy groups -OCH3 is 1. The summed E-state index contributed by atoms with van der Waals surface area (Å²) in [5.74, 6) is 0.403. The Bertz CT molecular complexity index is 788. The van der Waals surface area contributed by atoms with E-state index >= 15 is 0 Å². The molecule has 27 heavy (non-hydrogen) atoms. The summed E-state index contributed by atoms with van der Waals surface area (Å²) in [7, 11) is 1.60. The van der Waals surface area contributed by atoms with Gasteiger partial charge in [-0.2, -0.15) is 0 Å². The Morgan fingerprint density at radius 3 is 2.63 bits per heavy atom. The number of rotatable bonds is 6. The van der Waals surface area contributed by atoms with Crippen LogP contribution in [0.5, 0.6) is 0 Å². The minimum Gasteiger partial charge on any atom is -0.383 e. The number of nitrogens with one attached hydrogen (secondary N) is 1. The van der Waals surface area contributed by atoms with Crippen LogP contribution in [0.15, 0.2) is 30.5 Å². The molecule has 0 unspecified atom stereocenters. The second-order valence-corrected chi connectivity index (χ2v) is 6.68. The maximum Gasteiger partial charge on any atom is 0.270 e. The van der Waals surface area contributed by atoms with Gasteiger partial charge in [0.15, 0.2) is 0 Å². The van der Waals surface area contributed by atoms with Crippen LogP contribution in [0.2, 0.25) is 0 Å². The average Bonchev–Trinajstić information content (AvgIpc) is 2.70. The van der Waals surface area contributed by atoms with Crippen LogP contribution in [0, 0.1) is 13.8 Å². The fraction of sp³-hybridized carbons (Fsp3) is 0.450. The first-order chi connectivity index (χ1) is 13.1. The minimum absolute atomic E-state index is 0.204. The van der Waals surface area contributed by atoms with Crippen molar-refractivity contribution in [2.24, 2.45) is 0 Å². The molecule has 1 aromatic carbocycles. The molecule has 1 aliphatic rings. The van der Waals surface area contributed by atoms with Crippen molar-refractivity contribution in [3.05, 3.63) is 47.3 Å². The van der Waals surface area contributed by atoms with Crippen molar-refractivity contribution in [3.63, 3.8) is 0 Å². The largest absolute Gasteiger partial charge is 0.383 e. The van der Waals surface area contributed by atoms with Crippen molar-refractivity contribution < 1.29 is 9.53 Å². The molecule has 144 valence electrons. The number of amides is 1. The highest BCUT2D eigenvalue weighted by Crippen LogP contribution is 2.24. The van der Waals surface area contributed by atoms with Gasteiger partial charge in [0.05, 0.1) is 6.61 Å². The van der Waals surface area contributed by atoms with Crippen LogP contribution in [0.3, 0.4) is 0 Å². The highest BCUT2D eigenvalue weighted by atomic mass is 16.5. The maximum atomic E-state index is 12.2. The molecule has 1 fully saturated rings. The lowest BCUT2D eigenvalue weighted by Gasteiger charge is -2.37. The molecule has 0 saturated carbocycles. The first-order valence-electron chi connectivity index (χ1n) is 9.26. The van der Waals surface area contributed by atoms with Crippen LogP contribution >= 0.6 is 0 Å². The number of carbonyl (C=O) groups is 1. The lowest BCUT2D eigenvalue weighted by atomic mass is 10.1. The Balaban J connectivity index is 1.63. The van der Waals surface area contributed by atoms with Crippen molar-refractivity contribution in [3.8, 4) is 0 Å². The maximum absolute atomic E-state index is 12.2. The molecule has 1 aromatic heterocycles. The highest BCUT2D eigenvalue weighted by Gasteiger charge is 2.21. The van der Waals surface area contributed by atoms with Gasteiger partial charge in [-0.1, -0.05) is 12.1 Å². The number of nitrogens with zero attached hydrogens (tertiary/aromatic N) is 4. The Kier molecular flexibility index (Phi) is 6.24. The third-order valence-electron chi connectivity index (χ3n) is 4.95. The number of carbonyl (C=O) groups excluding carboxylic acids is 1. The molecule has 1 amide bonds. The summed E-state index contributed by atoms with van der Waals surface area (Å²) in [4.78, 5) is 25.5. The van der Waals surface area contributed by atoms with E-state index in [1.165, 1.54) is 16.8 Å². The fourth-order valence-electron chi connectivity index (χ4n) is 3.21. The Morgan fingerprint density at radius 2 is 1.89 bits per heavy atom. The molecule has 3 rings (SSSR count). The SMILES string of the molecule is COCCNC(=O)c1ccnc(N2CCN(c3cccc(C)c3C)CC2)n1. The highest BCUT2D eigenvalue weighted by molar-refractivity contribution is 5.92. The van der Waals surface area contributed by atoms with Crippen LogP contribution in [0.25, 0.3) is 0 Å². The van der Waals surface area contributed by atoms with Crippen LogP contribution in [-0.4, -0.2) is 62.3 Å². The van der Waals surface area contributed by atoms with E-state index in [2.05, 4.69) is 57.1 Å². The van der Waals surface area contributed by atoms with Gasteiger partial charge < -0.3 is 19.9 Å². The number of ether oxygens (including phenoxy) is 1. The van der Waals surface area contributed by atoms with Crippen LogP contribution in [-0.2, 0) is 4.74 Å². The molecule has 0 atom stereocenters. The zero-order valence-electron chi connectivity index (χ0n) is 16.2. The quantitative estimate of drug-likeness (QED) is 0.783. The lowest BCUT2D eigenvalue weighted by Crippen LogP contribution is -2.47. The normalized spacial score (nSPS) is 14.3. The summed E-state index contributed by atoms with van der Waals surface area (Å²) in [5, 5.41) is 2.79. The van der Waals surface area contributed by atoms with Gasteiger partial charge in [-0.05, 0) is 37.1 Å². The van der Waals surface area contributed by atoms with E-state index in [1.54, 1.807) is 19.4 Å². The second kappa shape index (κ2) is 8.81. The van der Waals surface area contributed by atoms with Crippen LogP contribution in [0.1, 0.15) is 21.6 Å². The van der Waals surface area contributed by atoms with E-state index < -0.39 is 0 Å². The monoisotopic (exact) mass is 369 g/mol. The van der Waals surface area contributed by atoms with Gasteiger partial charge >= 0.3 is 0 Å². The van der Waals surface area contributed by atoms with E-state index in [1.807, 2.05) is 0 Å². The third-order valence-corrected chi connectivity index (χ3v) is 4.95. The zero-order chi connectivity index (χ0) is 19.2. The van der Waals surface area contributed by atoms with E-state index in [-0.39, 0.29) is 5.91 Å². The van der Waals surface area contributed by atoms with Gasteiger partial charge in [0.25, 0.3) is 5.91 Å². The topological polar surface area (TPSA) is 70.6 Å². The summed E-state index contributed by atoms with van der Waals surface area (Å²) in [5.41, 5.74) is 4.32. The smallest absolute Gasteiger partial charge is 0.270 e. The van der Waals surface area contributed by atoms with E-state index in [4.69, 9.17) is 4.74 Å². The van der Waals surface area contributed by atoms with Crippen molar-refractivity contribution in [2.45, 2.75) is 13.8 Å². The van der Waals surface area contributed by atoms with Gasteiger partial charge in [0.2, 0.25) is 5.95 Å². The molecular weight excluding hydrogens is 342 g/mol. The summed E-state index contributed by atoms with van der Waals surface area (Å²) in [6.45, 7) is 8.70. The molecule has 0 aliphatic carbocycles.